The van der Waals surface area contributed by atoms with Gasteiger partial charge in [0.15, 0.2) is 0 Å². The van der Waals surface area contributed by atoms with Gasteiger partial charge in [0.05, 0.1) is 17.1 Å². The molecule has 0 bridgehead atoms. The number of rotatable bonds is 9. The van der Waals surface area contributed by atoms with Crippen LogP contribution in [0, 0.1) is 0 Å². The molecule has 3 rings (SSSR count). The number of nitrogens with one attached hydrogen (secondary N) is 3. The van der Waals surface area contributed by atoms with Crippen LogP contribution in [-0.4, -0.2) is 41.2 Å². The minimum absolute atomic E-state index is 0.00155. The van der Waals surface area contributed by atoms with Crippen molar-refractivity contribution in [2.75, 3.05) is 11.9 Å². The van der Waals surface area contributed by atoms with Gasteiger partial charge in [0.2, 0.25) is 5.91 Å². The molecule has 2 aromatic rings. The van der Waals surface area contributed by atoms with E-state index in [0.29, 0.717) is 16.8 Å². The summed E-state index contributed by atoms with van der Waals surface area (Å²) in [5.74, 6) is -1.25. The summed E-state index contributed by atoms with van der Waals surface area (Å²) in [6.45, 7) is 7.71. The second-order valence-corrected chi connectivity index (χ2v) is 10.3. The number of carbonyl (C=O) groups is 4. The molecule has 4 amide bonds. The summed E-state index contributed by atoms with van der Waals surface area (Å²) in [4.78, 5) is 49.5. The fourth-order valence-corrected chi connectivity index (χ4v) is 4.09. The van der Waals surface area contributed by atoms with E-state index in [4.69, 9.17) is 4.74 Å². The highest BCUT2D eigenvalue weighted by Crippen LogP contribution is 2.25. The molecule has 0 radical (unpaired) electrons. The lowest BCUT2D eigenvalue weighted by atomic mass is 10.1. The van der Waals surface area contributed by atoms with E-state index in [9.17, 15) is 19.2 Å². The Morgan fingerprint density at radius 3 is 2.39 bits per heavy atom. The maximum absolute atomic E-state index is 13.2. The van der Waals surface area contributed by atoms with Crippen LogP contribution in [0.3, 0.4) is 0 Å². The van der Waals surface area contributed by atoms with Crippen molar-refractivity contribution >= 4 is 46.5 Å². The highest BCUT2D eigenvalue weighted by atomic mass is 32.2. The third-order valence-corrected chi connectivity index (χ3v) is 6.02. The molecular formula is C27H31N3O5S. The minimum atomic E-state index is -0.919. The zero-order chi connectivity index (χ0) is 26.3. The van der Waals surface area contributed by atoms with Crippen LogP contribution in [0.15, 0.2) is 53.4 Å². The number of benzene rings is 2. The third kappa shape index (κ3) is 7.79. The second-order valence-electron chi connectivity index (χ2n) is 9.32. The number of amides is 4. The average Bonchev–Trinajstić information content (AvgIpc) is 3.14. The van der Waals surface area contributed by atoms with Crippen molar-refractivity contribution in [2.24, 2.45) is 0 Å². The first-order valence-electron chi connectivity index (χ1n) is 11.7. The Hall–Kier alpha value is -3.43. The van der Waals surface area contributed by atoms with E-state index in [1.54, 1.807) is 30.3 Å². The van der Waals surface area contributed by atoms with Crippen molar-refractivity contribution in [1.29, 1.82) is 0 Å². The maximum Gasteiger partial charge on any atom is 0.290 e. The molecule has 0 aliphatic carbocycles. The SMILES string of the molecule is CCCc1ccccc1NC(=O)[C@H](COC(C)(C)C)NC(=O)c1ccc(/C=C2\SC(=O)NC2=O)cc1. The molecule has 9 heteroatoms. The van der Waals surface area contributed by atoms with Crippen LogP contribution in [0.1, 0.15) is 55.6 Å². The Morgan fingerprint density at radius 2 is 1.78 bits per heavy atom. The van der Waals surface area contributed by atoms with Gasteiger partial charge in [-0.15, -0.1) is 0 Å². The molecule has 1 saturated heterocycles. The van der Waals surface area contributed by atoms with E-state index in [2.05, 4.69) is 22.9 Å². The molecule has 1 fully saturated rings. The lowest BCUT2D eigenvalue weighted by Crippen LogP contribution is -2.48. The Labute approximate surface area is 215 Å². The van der Waals surface area contributed by atoms with Crippen LogP contribution in [-0.2, 0) is 20.7 Å². The minimum Gasteiger partial charge on any atom is -0.373 e. The van der Waals surface area contributed by atoms with Crippen molar-refractivity contribution in [3.8, 4) is 0 Å². The van der Waals surface area contributed by atoms with Gasteiger partial charge in [-0.3, -0.25) is 24.5 Å². The van der Waals surface area contributed by atoms with Crippen molar-refractivity contribution < 1.29 is 23.9 Å². The summed E-state index contributed by atoms with van der Waals surface area (Å²) in [6.07, 6.45) is 3.34. The number of anilines is 1. The third-order valence-electron chi connectivity index (χ3n) is 5.21. The molecule has 0 saturated carbocycles. The number of ether oxygens (including phenoxy) is 1. The summed E-state index contributed by atoms with van der Waals surface area (Å²) in [6, 6.07) is 13.2. The van der Waals surface area contributed by atoms with Crippen molar-refractivity contribution in [1.82, 2.24) is 10.6 Å². The van der Waals surface area contributed by atoms with Crippen LogP contribution >= 0.6 is 11.8 Å². The molecule has 36 heavy (non-hydrogen) atoms. The quantitative estimate of drug-likeness (QED) is 0.429. The van der Waals surface area contributed by atoms with Crippen LogP contribution in [0.25, 0.3) is 6.08 Å². The molecule has 190 valence electrons. The lowest BCUT2D eigenvalue weighted by Gasteiger charge is -2.25. The zero-order valence-electron chi connectivity index (χ0n) is 20.8. The topological polar surface area (TPSA) is 114 Å². The molecule has 8 nitrogen and oxygen atoms in total. The highest BCUT2D eigenvalue weighted by molar-refractivity contribution is 8.18. The molecular weight excluding hydrogens is 478 g/mol. The Balaban J connectivity index is 1.73. The monoisotopic (exact) mass is 509 g/mol. The smallest absolute Gasteiger partial charge is 0.290 e. The molecule has 3 N–H and O–H groups in total. The van der Waals surface area contributed by atoms with Crippen LogP contribution in [0.2, 0.25) is 0 Å². The zero-order valence-corrected chi connectivity index (χ0v) is 21.7. The maximum atomic E-state index is 13.2. The second kappa shape index (κ2) is 12.0. The summed E-state index contributed by atoms with van der Waals surface area (Å²) in [5.41, 5.74) is 2.25. The fraction of sp³-hybridized carbons (Fsp3) is 0.333. The summed E-state index contributed by atoms with van der Waals surface area (Å²) in [7, 11) is 0. The van der Waals surface area contributed by atoms with Gasteiger partial charge in [-0.1, -0.05) is 43.7 Å². The number of carbonyl (C=O) groups excluding carboxylic acids is 4. The molecule has 0 unspecified atom stereocenters. The van der Waals surface area contributed by atoms with E-state index >= 15 is 0 Å². The largest absolute Gasteiger partial charge is 0.373 e. The first kappa shape index (κ1) is 27.2. The van der Waals surface area contributed by atoms with E-state index in [1.807, 2.05) is 45.0 Å². The van der Waals surface area contributed by atoms with Crippen LogP contribution in [0.4, 0.5) is 10.5 Å². The standard InChI is InChI=1S/C27H31N3O5S/c1-5-8-18-9-6-7-10-20(18)28-24(32)21(16-35-27(2,3)4)29-23(31)19-13-11-17(12-14-19)15-22-25(33)30-26(34)36-22/h6-7,9-15,21H,5,8,16H2,1-4H3,(H,28,32)(H,29,31)(H,30,33,34)/b22-15-/t21-/m0/s1. The summed E-state index contributed by atoms with van der Waals surface area (Å²) < 4.78 is 5.83. The average molecular weight is 510 g/mol. The van der Waals surface area contributed by atoms with Gasteiger partial charge in [-0.2, -0.15) is 0 Å². The number of aryl methyl sites for hydroxylation is 1. The van der Waals surface area contributed by atoms with Gasteiger partial charge < -0.3 is 15.4 Å². The van der Waals surface area contributed by atoms with Crippen LogP contribution in [0.5, 0.6) is 0 Å². The van der Waals surface area contributed by atoms with Gasteiger partial charge in [-0.05, 0) is 74.4 Å². The molecule has 0 spiro atoms. The molecule has 2 aromatic carbocycles. The number of hydrogen-bond donors (Lipinski definition) is 3. The molecule has 1 aliphatic rings. The van der Waals surface area contributed by atoms with E-state index in [1.165, 1.54) is 0 Å². The Kier molecular flexibility index (Phi) is 9.06. The lowest BCUT2D eigenvalue weighted by molar-refractivity contribution is -0.121. The summed E-state index contributed by atoms with van der Waals surface area (Å²) in [5, 5.41) is 7.50. The predicted molar refractivity (Wildman–Crippen MR) is 142 cm³/mol. The van der Waals surface area contributed by atoms with Gasteiger partial charge >= 0.3 is 0 Å². The first-order chi connectivity index (χ1) is 17.1. The fourth-order valence-electron chi connectivity index (χ4n) is 3.41. The molecule has 1 heterocycles. The number of imide groups is 1. The number of para-hydroxylation sites is 1. The van der Waals surface area contributed by atoms with Crippen molar-refractivity contribution in [3.63, 3.8) is 0 Å². The highest BCUT2D eigenvalue weighted by Gasteiger charge is 2.26. The van der Waals surface area contributed by atoms with Crippen LogP contribution < -0.4 is 16.0 Å². The Bertz CT molecular complexity index is 1170. The van der Waals surface area contributed by atoms with Gasteiger partial charge in [0.25, 0.3) is 17.1 Å². The molecule has 0 aromatic heterocycles. The number of thioether (sulfide) groups is 1. The van der Waals surface area contributed by atoms with Gasteiger partial charge in [0, 0.05) is 11.3 Å². The normalized spacial score (nSPS) is 15.5. The Morgan fingerprint density at radius 1 is 1.08 bits per heavy atom. The molecule has 1 aliphatic heterocycles. The van der Waals surface area contributed by atoms with Crippen molar-refractivity contribution in [2.45, 2.75) is 52.2 Å². The predicted octanol–water partition coefficient (Wildman–Crippen LogP) is 4.52. The van der Waals surface area contributed by atoms with E-state index in [0.717, 1.165) is 30.2 Å². The summed E-state index contributed by atoms with van der Waals surface area (Å²) >= 11 is 0.826. The molecule has 1 atom stereocenters. The first-order valence-corrected chi connectivity index (χ1v) is 12.6. The van der Waals surface area contributed by atoms with Gasteiger partial charge in [-0.25, -0.2) is 0 Å². The number of hydrogen-bond acceptors (Lipinski definition) is 6. The van der Waals surface area contributed by atoms with E-state index < -0.39 is 28.7 Å². The van der Waals surface area contributed by atoms with Crippen molar-refractivity contribution in [3.05, 3.63) is 70.1 Å². The van der Waals surface area contributed by atoms with Gasteiger partial charge in [0.1, 0.15) is 6.04 Å². The van der Waals surface area contributed by atoms with E-state index in [-0.39, 0.29) is 17.4 Å².